The van der Waals surface area contributed by atoms with Crippen molar-refractivity contribution in [3.05, 3.63) is 10.4 Å². The predicted molar refractivity (Wildman–Crippen MR) is 76.0 cm³/mol. The van der Waals surface area contributed by atoms with E-state index in [1.807, 2.05) is 0 Å². The number of rotatable bonds is 7. The minimum atomic E-state index is -0.553. The molecule has 0 bridgehead atoms. The first kappa shape index (κ1) is 17.7. The van der Waals surface area contributed by atoms with Crippen LogP contribution in [0.15, 0.2) is 5.11 Å². The van der Waals surface area contributed by atoms with E-state index in [1.54, 1.807) is 32.9 Å². The molecule has 1 fully saturated rings. The number of nitrogens with zero attached hydrogens (tertiary/aromatic N) is 4. The van der Waals surface area contributed by atoms with Crippen LogP contribution in [0.4, 0.5) is 0 Å². The predicted octanol–water partition coefficient (Wildman–Crippen LogP) is 2.11. The topological polar surface area (TPSA) is 96.8 Å². The maximum absolute atomic E-state index is 11.9. The SMILES string of the molecule is COCOCC1(CN=[N+]=[N-])CCN(OC(=O)C(C)(C)C)C1. The zero-order chi connectivity index (χ0) is 15.9. The van der Waals surface area contributed by atoms with Gasteiger partial charge in [0.1, 0.15) is 6.79 Å². The van der Waals surface area contributed by atoms with E-state index in [9.17, 15) is 4.79 Å². The first-order valence-corrected chi connectivity index (χ1v) is 6.88. The minimum Gasteiger partial charge on any atom is -0.367 e. The molecule has 1 aliphatic rings. The Kier molecular flexibility index (Phi) is 6.42. The molecule has 1 heterocycles. The Labute approximate surface area is 124 Å². The summed E-state index contributed by atoms with van der Waals surface area (Å²) in [6, 6.07) is 0. The number of methoxy groups -OCH3 is 1. The summed E-state index contributed by atoms with van der Waals surface area (Å²) in [5, 5.41) is 5.28. The Hall–Kier alpha value is -1.34. The van der Waals surface area contributed by atoms with Crippen molar-refractivity contribution >= 4 is 5.97 Å². The van der Waals surface area contributed by atoms with Gasteiger partial charge in [-0.05, 0) is 32.7 Å². The number of hydroxylamine groups is 2. The number of hydrogen-bond acceptors (Lipinski definition) is 6. The smallest absolute Gasteiger partial charge is 0.330 e. The Morgan fingerprint density at radius 3 is 2.76 bits per heavy atom. The van der Waals surface area contributed by atoms with Crippen LogP contribution in [0, 0.1) is 10.8 Å². The van der Waals surface area contributed by atoms with Gasteiger partial charge in [-0.3, -0.25) is 0 Å². The van der Waals surface area contributed by atoms with Gasteiger partial charge in [-0.25, -0.2) is 4.79 Å². The van der Waals surface area contributed by atoms with Gasteiger partial charge in [-0.15, -0.1) is 5.06 Å². The van der Waals surface area contributed by atoms with Crippen LogP contribution in [-0.4, -0.2) is 51.2 Å². The molecular formula is C13H24N4O4. The Morgan fingerprint density at radius 1 is 1.48 bits per heavy atom. The fraction of sp³-hybridized carbons (Fsp3) is 0.923. The van der Waals surface area contributed by atoms with Gasteiger partial charge in [0.25, 0.3) is 0 Å². The molecule has 0 spiro atoms. The van der Waals surface area contributed by atoms with E-state index in [0.717, 1.165) is 6.42 Å². The van der Waals surface area contributed by atoms with Crippen LogP contribution < -0.4 is 0 Å². The zero-order valence-corrected chi connectivity index (χ0v) is 13.2. The molecule has 1 rings (SSSR count). The van der Waals surface area contributed by atoms with Gasteiger partial charge in [0.05, 0.1) is 12.0 Å². The van der Waals surface area contributed by atoms with Crippen molar-refractivity contribution in [2.45, 2.75) is 27.2 Å². The number of ether oxygens (including phenoxy) is 2. The maximum Gasteiger partial charge on any atom is 0.330 e. The molecule has 120 valence electrons. The number of carbonyl (C=O) groups excluding carboxylic acids is 1. The van der Waals surface area contributed by atoms with Gasteiger partial charge in [-0.2, -0.15) is 0 Å². The first-order chi connectivity index (χ1) is 9.83. The van der Waals surface area contributed by atoms with E-state index in [-0.39, 0.29) is 18.2 Å². The first-order valence-electron chi connectivity index (χ1n) is 6.88. The molecule has 0 aromatic rings. The van der Waals surface area contributed by atoms with Crippen LogP contribution in [0.1, 0.15) is 27.2 Å². The third-order valence-electron chi connectivity index (χ3n) is 3.31. The molecule has 21 heavy (non-hydrogen) atoms. The Morgan fingerprint density at radius 2 is 2.19 bits per heavy atom. The second-order valence-corrected chi connectivity index (χ2v) is 6.39. The standard InChI is InChI=1S/C13H24N4O4/c1-12(2,3)11(18)21-17-6-5-13(8-17,7-15-16-14)9-20-10-19-4/h5-10H2,1-4H3. The summed E-state index contributed by atoms with van der Waals surface area (Å²) in [5.41, 5.74) is 7.63. The van der Waals surface area contributed by atoms with Gasteiger partial charge in [0.15, 0.2) is 0 Å². The largest absolute Gasteiger partial charge is 0.367 e. The molecule has 0 saturated carbocycles. The van der Waals surface area contributed by atoms with Gasteiger partial charge in [-0.1, -0.05) is 5.11 Å². The van der Waals surface area contributed by atoms with Crippen LogP contribution in [0.5, 0.6) is 0 Å². The summed E-state index contributed by atoms with van der Waals surface area (Å²) in [7, 11) is 1.55. The van der Waals surface area contributed by atoms with Crippen molar-refractivity contribution in [1.29, 1.82) is 0 Å². The molecule has 0 aromatic carbocycles. The molecule has 0 radical (unpaired) electrons. The summed E-state index contributed by atoms with van der Waals surface area (Å²) in [6.45, 7) is 7.37. The third kappa shape index (κ3) is 5.51. The fourth-order valence-electron chi connectivity index (χ4n) is 2.04. The highest BCUT2D eigenvalue weighted by Crippen LogP contribution is 2.32. The van der Waals surface area contributed by atoms with E-state index >= 15 is 0 Å². The van der Waals surface area contributed by atoms with Gasteiger partial charge in [0, 0.05) is 37.1 Å². The highest BCUT2D eigenvalue weighted by Gasteiger charge is 2.40. The van der Waals surface area contributed by atoms with Crippen molar-refractivity contribution in [3.8, 4) is 0 Å². The maximum atomic E-state index is 11.9. The zero-order valence-electron chi connectivity index (χ0n) is 13.2. The van der Waals surface area contributed by atoms with Crippen LogP contribution in [0.3, 0.4) is 0 Å². The lowest BCUT2D eigenvalue weighted by Crippen LogP contribution is -2.37. The third-order valence-corrected chi connectivity index (χ3v) is 3.31. The second-order valence-electron chi connectivity index (χ2n) is 6.39. The highest BCUT2D eigenvalue weighted by molar-refractivity contribution is 5.75. The van der Waals surface area contributed by atoms with Crippen molar-refractivity contribution in [3.63, 3.8) is 0 Å². The molecular weight excluding hydrogens is 276 g/mol. The number of azide groups is 1. The minimum absolute atomic E-state index is 0.180. The fourth-order valence-corrected chi connectivity index (χ4v) is 2.04. The molecule has 1 unspecified atom stereocenters. The summed E-state index contributed by atoms with van der Waals surface area (Å²) in [6.07, 6.45) is 0.729. The van der Waals surface area contributed by atoms with E-state index in [2.05, 4.69) is 10.0 Å². The summed E-state index contributed by atoms with van der Waals surface area (Å²) in [4.78, 5) is 20.1. The van der Waals surface area contributed by atoms with Gasteiger partial charge >= 0.3 is 5.97 Å². The molecule has 0 amide bonds. The van der Waals surface area contributed by atoms with Crippen molar-refractivity contribution in [2.75, 3.05) is 40.1 Å². The molecule has 1 aliphatic heterocycles. The second kappa shape index (κ2) is 7.61. The van der Waals surface area contributed by atoms with E-state index in [4.69, 9.17) is 19.8 Å². The molecule has 0 N–H and O–H groups in total. The lowest BCUT2D eigenvalue weighted by atomic mass is 9.88. The molecule has 0 aliphatic carbocycles. The molecule has 8 nitrogen and oxygen atoms in total. The molecule has 8 heteroatoms. The van der Waals surface area contributed by atoms with Gasteiger partial charge < -0.3 is 14.3 Å². The summed E-state index contributed by atoms with van der Waals surface area (Å²) in [5.74, 6) is -0.278. The van der Waals surface area contributed by atoms with Crippen LogP contribution in [0.2, 0.25) is 0 Å². The lowest BCUT2D eigenvalue weighted by Gasteiger charge is -2.27. The quantitative estimate of drug-likeness (QED) is 0.236. The highest BCUT2D eigenvalue weighted by atomic mass is 16.7. The number of carbonyl (C=O) groups is 1. The van der Waals surface area contributed by atoms with E-state index < -0.39 is 5.41 Å². The Balaban J connectivity index is 2.62. The lowest BCUT2D eigenvalue weighted by molar-refractivity contribution is -0.197. The monoisotopic (exact) mass is 300 g/mol. The van der Waals surface area contributed by atoms with Crippen molar-refractivity contribution < 1.29 is 19.1 Å². The average Bonchev–Trinajstić information content (AvgIpc) is 2.79. The average molecular weight is 300 g/mol. The van der Waals surface area contributed by atoms with Crippen LogP contribution >= 0.6 is 0 Å². The number of hydrogen-bond donors (Lipinski definition) is 0. The van der Waals surface area contributed by atoms with Crippen LogP contribution in [0.25, 0.3) is 10.4 Å². The van der Waals surface area contributed by atoms with E-state index in [0.29, 0.717) is 26.2 Å². The molecule has 1 saturated heterocycles. The normalized spacial score (nSPS) is 22.9. The Bertz CT molecular complexity index is 403. The molecule has 1 atom stereocenters. The van der Waals surface area contributed by atoms with Crippen molar-refractivity contribution in [2.24, 2.45) is 15.9 Å². The summed E-state index contributed by atoms with van der Waals surface area (Å²) >= 11 is 0. The summed E-state index contributed by atoms with van der Waals surface area (Å²) < 4.78 is 10.3. The van der Waals surface area contributed by atoms with E-state index in [1.165, 1.54) is 0 Å². The van der Waals surface area contributed by atoms with Crippen LogP contribution in [-0.2, 0) is 19.1 Å². The van der Waals surface area contributed by atoms with Gasteiger partial charge in [0.2, 0.25) is 0 Å². The molecule has 0 aromatic heterocycles. The van der Waals surface area contributed by atoms with Crippen molar-refractivity contribution in [1.82, 2.24) is 5.06 Å².